The number of rotatable bonds is 6. The van der Waals surface area contributed by atoms with Gasteiger partial charge in [0, 0.05) is 13.0 Å². The van der Waals surface area contributed by atoms with Gasteiger partial charge in [0.2, 0.25) is 0 Å². The summed E-state index contributed by atoms with van der Waals surface area (Å²) in [6.45, 7) is 0.0438. The van der Waals surface area contributed by atoms with Gasteiger partial charge >= 0.3 is 5.97 Å². The third kappa shape index (κ3) is 4.61. The van der Waals surface area contributed by atoms with E-state index in [0.717, 1.165) is 12.0 Å². The summed E-state index contributed by atoms with van der Waals surface area (Å²) >= 11 is 0. The zero-order valence-corrected chi connectivity index (χ0v) is 8.60. The normalized spacial score (nSPS) is 12.3. The van der Waals surface area contributed by atoms with Crippen LogP contribution in [-0.4, -0.2) is 22.8 Å². The van der Waals surface area contributed by atoms with E-state index in [1.54, 1.807) is 0 Å². The first-order valence-corrected chi connectivity index (χ1v) is 5.09. The molecule has 0 bridgehead atoms. The van der Waals surface area contributed by atoms with Gasteiger partial charge in [-0.3, -0.25) is 4.79 Å². The van der Waals surface area contributed by atoms with E-state index in [0.29, 0.717) is 6.42 Å². The molecule has 1 aromatic rings. The molecule has 1 atom stereocenters. The maximum atomic E-state index is 10.4. The molecular formula is C12H16O3. The van der Waals surface area contributed by atoms with Gasteiger partial charge < -0.3 is 10.2 Å². The van der Waals surface area contributed by atoms with Crippen molar-refractivity contribution in [3.05, 3.63) is 35.9 Å². The Morgan fingerprint density at radius 2 is 1.93 bits per heavy atom. The minimum absolute atomic E-state index is 0.0438. The van der Waals surface area contributed by atoms with Gasteiger partial charge in [-0.25, -0.2) is 0 Å². The lowest BCUT2D eigenvalue weighted by molar-refractivity contribution is -0.137. The average Bonchev–Trinajstić information content (AvgIpc) is 2.25. The summed E-state index contributed by atoms with van der Waals surface area (Å²) in [5.41, 5.74) is 1.14. The van der Waals surface area contributed by atoms with Gasteiger partial charge in [-0.05, 0) is 24.3 Å². The van der Waals surface area contributed by atoms with Crippen LogP contribution in [0.5, 0.6) is 0 Å². The van der Waals surface area contributed by atoms with Crippen molar-refractivity contribution in [3.63, 3.8) is 0 Å². The smallest absolute Gasteiger partial charge is 0.303 e. The highest BCUT2D eigenvalue weighted by Crippen LogP contribution is 2.13. The van der Waals surface area contributed by atoms with Crippen molar-refractivity contribution in [2.75, 3.05) is 6.61 Å². The average molecular weight is 208 g/mol. The predicted molar refractivity (Wildman–Crippen MR) is 57.6 cm³/mol. The van der Waals surface area contributed by atoms with Crippen molar-refractivity contribution >= 4 is 5.97 Å². The Balaban J connectivity index is 2.43. The Morgan fingerprint density at radius 3 is 2.47 bits per heavy atom. The summed E-state index contributed by atoms with van der Waals surface area (Å²) in [5, 5.41) is 17.6. The quantitative estimate of drug-likeness (QED) is 0.748. The summed E-state index contributed by atoms with van der Waals surface area (Å²) < 4.78 is 0. The largest absolute Gasteiger partial charge is 0.481 e. The van der Waals surface area contributed by atoms with Crippen molar-refractivity contribution in [1.82, 2.24) is 0 Å². The van der Waals surface area contributed by atoms with Crippen LogP contribution >= 0.6 is 0 Å². The van der Waals surface area contributed by atoms with E-state index in [1.807, 2.05) is 30.3 Å². The van der Waals surface area contributed by atoms with Gasteiger partial charge in [0.15, 0.2) is 0 Å². The molecule has 0 aliphatic rings. The van der Waals surface area contributed by atoms with Gasteiger partial charge in [0.1, 0.15) is 0 Å². The highest BCUT2D eigenvalue weighted by molar-refractivity contribution is 5.66. The molecule has 0 aliphatic carbocycles. The zero-order valence-electron chi connectivity index (χ0n) is 8.60. The Bertz CT molecular complexity index is 295. The van der Waals surface area contributed by atoms with E-state index in [2.05, 4.69) is 0 Å². The molecule has 0 aliphatic heterocycles. The zero-order chi connectivity index (χ0) is 11.1. The van der Waals surface area contributed by atoms with E-state index in [-0.39, 0.29) is 18.9 Å². The second-order valence-corrected chi connectivity index (χ2v) is 3.67. The number of benzene rings is 1. The van der Waals surface area contributed by atoms with Gasteiger partial charge in [-0.1, -0.05) is 30.3 Å². The van der Waals surface area contributed by atoms with Crippen LogP contribution in [-0.2, 0) is 11.2 Å². The highest BCUT2D eigenvalue weighted by atomic mass is 16.4. The molecule has 0 amide bonds. The summed E-state index contributed by atoms with van der Waals surface area (Å²) in [7, 11) is 0. The fraction of sp³-hybridized carbons (Fsp3) is 0.417. The Labute approximate surface area is 89.4 Å². The second-order valence-electron chi connectivity index (χ2n) is 3.67. The van der Waals surface area contributed by atoms with Crippen LogP contribution in [0.4, 0.5) is 0 Å². The Kier molecular flexibility index (Phi) is 4.84. The Morgan fingerprint density at radius 1 is 1.27 bits per heavy atom. The molecular weight excluding hydrogens is 192 g/mol. The standard InChI is InChI=1S/C12H16O3/c13-9-11(6-7-12(14)15)8-10-4-2-1-3-5-10/h1-5,11,13H,6-9H2,(H,14,15)/t11-/m1/s1. The van der Waals surface area contributed by atoms with Gasteiger partial charge in [0.05, 0.1) is 0 Å². The summed E-state index contributed by atoms with van der Waals surface area (Å²) in [6.07, 6.45) is 1.39. The highest BCUT2D eigenvalue weighted by Gasteiger charge is 2.10. The van der Waals surface area contributed by atoms with E-state index in [9.17, 15) is 4.79 Å². The van der Waals surface area contributed by atoms with Crippen LogP contribution in [0.25, 0.3) is 0 Å². The SMILES string of the molecule is O=C(O)CC[C@@H](CO)Cc1ccccc1. The van der Waals surface area contributed by atoms with Crippen LogP contribution in [0.1, 0.15) is 18.4 Å². The molecule has 3 nitrogen and oxygen atoms in total. The van der Waals surface area contributed by atoms with Crippen LogP contribution in [0.3, 0.4) is 0 Å². The summed E-state index contributed by atoms with van der Waals surface area (Å²) in [4.78, 5) is 10.4. The number of carboxylic acids is 1. The molecule has 1 rings (SSSR count). The molecule has 82 valence electrons. The van der Waals surface area contributed by atoms with Crippen LogP contribution in [0.2, 0.25) is 0 Å². The van der Waals surface area contributed by atoms with Crippen LogP contribution in [0, 0.1) is 5.92 Å². The van der Waals surface area contributed by atoms with Gasteiger partial charge in [-0.2, -0.15) is 0 Å². The van der Waals surface area contributed by atoms with Crippen molar-refractivity contribution in [3.8, 4) is 0 Å². The predicted octanol–water partition coefficient (Wildman–Crippen LogP) is 1.70. The van der Waals surface area contributed by atoms with Crippen molar-refractivity contribution in [2.24, 2.45) is 5.92 Å². The number of hydrogen-bond acceptors (Lipinski definition) is 2. The van der Waals surface area contributed by atoms with Crippen molar-refractivity contribution in [2.45, 2.75) is 19.3 Å². The molecule has 0 fully saturated rings. The fourth-order valence-corrected chi connectivity index (χ4v) is 1.53. The lowest BCUT2D eigenvalue weighted by Gasteiger charge is -2.12. The molecule has 15 heavy (non-hydrogen) atoms. The molecule has 3 heteroatoms. The van der Waals surface area contributed by atoms with E-state index < -0.39 is 5.97 Å². The number of aliphatic hydroxyl groups excluding tert-OH is 1. The molecule has 0 aromatic heterocycles. The van der Waals surface area contributed by atoms with Crippen molar-refractivity contribution in [1.29, 1.82) is 0 Å². The van der Waals surface area contributed by atoms with E-state index >= 15 is 0 Å². The molecule has 0 spiro atoms. The third-order valence-electron chi connectivity index (χ3n) is 2.39. The molecule has 0 heterocycles. The number of aliphatic hydroxyl groups is 1. The van der Waals surface area contributed by atoms with E-state index in [4.69, 9.17) is 10.2 Å². The number of carboxylic acid groups (broad SMARTS) is 1. The summed E-state index contributed by atoms with van der Waals surface area (Å²) in [5.74, 6) is -0.759. The molecule has 1 aromatic carbocycles. The maximum Gasteiger partial charge on any atom is 0.303 e. The summed E-state index contributed by atoms with van der Waals surface area (Å²) in [6, 6.07) is 9.81. The fourth-order valence-electron chi connectivity index (χ4n) is 1.53. The second kappa shape index (κ2) is 6.19. The molecule has 0 radical (unpaired) electrons. The minimum atomic E-state index is -0.804. The molecule has 0 saturated heterocycles. The third-order valence-corrected chi connectivity index (χ3v) is 2.39. The first-order chi connectivity index (χ1) is 7.22. The van der Waals surface area contributed by atoms with Crippen LogP contribution in [0.15, 0.2) is 30.3 Å². The van der Waals surface area contributed by atoms with E-state index in [1.165, 1.54) is 0 Å². The number of aliphatic carboxylic acids is 1. The first kappa shape index (κ1) is 11.7. The number of hydrogen-bond donors (Lipinski definition) is 2. The monoisotopic (exact) mass is 208 g/mol. The van der Waals surface area contributed by atoms with Crippen molar-refractivity contribution < 1.29 is 15.0 Å². The minimum Gasteiger partial charge on any atom is -0.481 e. The van der Waals surface area contributed by atoms with Gasteiger partial charge in [0.25, 0.3) is 0 Å². The lowest BCUT2D eigenvalue weighted by atomic mass is 9.96. The first-order valence-electron chi connectivity index (χ1n) is 5.09. The lowest BCUT2D eigenvalue weighted by Crippen LogP contribution is -2.11. The maximum absolute atomic E-state index is 10.4. The molecule has 0 unspecified atom stereocenters. The number of carbonyl (C=O) groups is 1. The molecule has 2 N–H and O–H groups in total. The van der Waals surface area contributed by atoms with Crippen LogP contribution < -0.4 is 0 Å². The van der Waals surface area contributed by atoms with Gasteiger partial charge in [-0.15, -0.1) is 0 Å². The molecule has 0 saturated carbocycles. The topological polar surface area (TPSA) is 57.5 Å². The Hall–Kier alpha value is -1.35.